The van der Waals surface area contributed by atoms with Crippen LogP contribution in [-0.2, 0) is 31.4 Å². The molecular weight excluding hydrogens is 553 g/mol. The number of rotatable bonds is 8. The number of hydrogen-bond acceptors (Lipinski definition) is 9. The Balaban J connectivity index is 0.00000420. The third kappa shape index (κ3) is 6.80. The number of sulfonamides is 1. The molecule has 1 aliphatic rings. The van der Waals surface area contributed by atoms with Gasteiger partial charge >= 0.3 is 29.6 Å². The number of azo groups is 1. The quantitative estimate of drug-likeness (QED) is 0.240. The third-order valence-corrected chi connectivity index (χ3v) is 8.22. The molecule has 39 heavy (non-hydrogen) atoms. The van der Waals surface area contributed by atoms with E-state index in [-0.39, 0.29) is 45.8 Å². The number of anilines is 2. The van der Waals surface area contributed by atoms with E-state index in [2.05, 4.69) is 20.1 Å². The van der Waals surface area contributed by atoms with E-state index in [0.717, 1.165) is 22.7 Å². The Hall–Kier alpha value is -2.94. The predicted octanol–water partition coefficient (Wildman–Crippen LogP) is 1.14. The molecule has 14 heteroatoms. The molecule has 0 spiro atoms. The standard InChI is InChI=1S/C25H25N5O6S2.Na/c1-4-18-7-5-6-8-22(18)29-37(32,33)23-15-19(10-9-16(23)2)26-27-24-17(3)28-30(25(24)31)20-11-13-21(14-12-20)38(34,35)36;/h5-15,24,29H,4H2,1-3H3,(H,34,35,36);/q;+1/p-1. The van der Waals surface area contributed by atoms with E-state index in [1.165, 1.54) is 18.2 Å². The van der Waals surface area contributed by atoms with Gasteiger partial charge in [-0.25, -0.2) is 16.8 Å². The molecule has 0 fully saturated rings. The molecule has 0 radical (unpaired) electrons. The van der Waals surface area contributed by atoms with E-state index in [9.17, 15) is 26.2 Å². The summed E-state index contributed by atoms with van der Waals surface area (Å²) in [6, 6.07) is 15.4. The van der Waals surface area contributed by atoms with Gasteiger partial charge in [0.1, 0.15) is 10.1 Å². The van der Waals surface area contributed by atoms with Gasteiger partial charge in [-0.15, -0.1) is 0 Å². The molecule has 0 saturated carbocycles. The molecule has 1 heterocycles. The van der Waals surface area contributed by atoms with Crippen molar-refractivity contribution in [3.05, 3.63) is 77.9 Å². The van der Waals surface area contributed by atoms with Crippen LogP contribution in [-0.4, -0.2) is 39.0 Å². The van der Waals surface area contributed by atoms with Crippen molar-refractivity contribution in [2.75, 3.05) is 9.73 Å². The van der Waals surface area contributed by atoms with Gasteiger partial charge in [0.25, 0.3) is 15.9 Å². The summed E-state index contributed by atoms with van der Waals surface area (Å²) in [6.07, 6.45) is 0.654. The van der Waals surface area contributed by atoms with Gasteiger partial charge in [0.2, 0.25) is 0 Å². The van der Waals surface area contributed by atoms with Gasteiger partial charge in [-0.2, -0.15) is 20.3 Å². The van der Waals surface area contributed by atoms with Crippen LogP contribution in [0.4, 0.5) is 17.1 Å². The van der Waals surface area contributed by atoms with Gasteiger partial charge < -0.3 is 4.55 Å². The van der Waals surface area contributed by atoms with Crippen LogP contribution >= 0.6 is 0 Å². The first-order chi connectivity index (χ1) is 17.9. The van der Waals surface area contributed by atoms with E-state index >= 15 is 0 Å². The molecule has 1 aliphatic heterocycles. The first-order valence-electron chi connectivity index (χ1n) is 11.5. The number of carbonyl (C=O) groups excluding carboxylic acids is 1. The Labute approximate surface area is 249 Å². The SMILES string of the molecule is CCc1ccccc1NS(=O)(=O)c1cc(N=NC2C(=O)N(c3ccc(S(=O)(=O)[O-])cc3)N=C2C)ccc1C.[Na+]. The average molecular weight is 578 g/mol. The van der Waals surface area contributed by atoms with Crippen molar-refractivity contribution in [1.82, 2.24) is 0 Å². The van der Waals surface area contributed by atoms with Crippen LogP contribution in [0.15, 0.2) is 91.9 Å². The second-order valence-corrected chi connectivity index (χ2v) is 11.6. The number of aryl methyl sites for hydroxylation is 2. The van der Waals surface area contributed by atoms with Crippen LogP contribution < -0.4 is 39.3 Å². The Morgan fingerprint density at radius 2 is 1.67 bits per heavy atom. The van der Waals surface area contributed by atoms with E-state index in [4.69, 9.17) is 0 Å². The zero-order valence-electron chi connectivity index (χ0n) is 21.7. The first-order valence-corrected chi connectivity index (χ1v) is 14.4. The van der Waals surface area contributed by atoms with Crippen LogP contribution in [0.2, 0.25) is 0 Å². The average Bonchev–Trinajstić information content (AvgIpc) is 3.16. The molecule has 3 aromatic carbocycles. The van der Waals surface area contributed by atoms with Crippen molar-refractivity contribution in [3.63, 3.8) is 0 Å². The summed E-state index contributed by atoms with van der Waals surface area (Å²) in [5.41, 5.74) is 2.66. The maximum atomic E-state index is 13.2. The topological polar surface area (TPSA) is 161 Å². The molecule has 1 unspecified atom stereocenters. The van der Waals surface area contributed by atoms with Gasteiger partial charge in [-0.05, 0) is 73.9 Å². The number of hydrogen-bond donors (Lipinski definition) is 1. The molecule has 1 N–H and O–H groups in total. The minimum atomic E-state index is -4.63. The molecular formula is C25H24N5NaO6S2. The molecule has 0 aliphatic carbocycles. The van der Waals surface area contributed by atoms with Crippen LogP contribution in [0, 0.1) is 6.92 Å². The summed E-state index contributed by atoms with van der Waals surface area (Å²) in [6.45, 7) is 5.18. The van der Waals surface area contributed by atoms with Gasteiger partial charge in [-0.1, -0.05) is 31.2 Å². The van der Waals surface area contributed by atoms with Crippen molar-refractivity contribution in [3.8, 4) is 0 Å². The Bertz CT molecular complexity index is 1670. The molecule has 4 rings (SSSR count). The number of hydrazone groups is 1. The van der Waals surface area contributed by atoms with E-state index in [0.29, 0.717) is 23.4 Å². The number of amides is 1. The summed E-state index contributed by atoms with van der Waals surface area (Å²) >= 11 is 0. The molecule has 1 amide bonds. The number of carbonyl (C=O) groups is 1. The van der Waals surface area contributed by atoms with E-state index in [1.807, 2.05) is 19.1 Å². The Kier molecular flexibility index (Phi) is 9.47. The van der Waals surface area contributed by atoms with Gasteiger partial charge in [0.15, 0.2) is 6.04 Å². The summed E-state index contributed by atoms with van der Waals surface area (Å²) in [5.74, 6) is -0.540. The van der Waals surface area contributed by atoms with Crippen molar-refractivity contribution in [1.29, 1.82) is 0 Å². The molecule has 1 atom stereocenters. The molecule has 0 saturated heterocycles. The van der Waals surface area contributed by atoms with Gasteiger partial charge in [0.05, 0.1) is 32.6 Å². The van der Waals surface area contributed by atoms with Crippen LogP contribution in [0.1, 0.15) is 25.0 Å². The number of benzene rings is 3. The number of para-hydroxylation sites is 1. The summed E-state index contributed by atoms with van der Waals surface area (Å²) in [5, 5.41) is 13.4. The van der Waals surface area contributed by atoms with E-state index < -0.39 is 37.0 Å². The minimum absolute atomic E-state index is 0. The Morgan fingerprint density at radius 3 is 2.31 bits per heavy atom. The summed E-state index contributed by atoms with van der Waals surface area (Å²) in [7, 11) is -8.56. The largest absolute Gasteiger partial charge is 1.00 e. The fraction of sp³-hybridized carbons (Fsp3) is 0.200. The smallest absolute Gasteiger partial charge is 0.744 e. The molecule has 3 aromatic rings. The zero-order chi connectivity index (χ0) is 27.7. The normalized spacial score (nSPS) is 15.8. The van der Waals surface area contributed by atoms with Crippen LogP contribution in [0.5, 0.6) is 0 Å². The fourth-order valence-corrected chi connectivity index (χ4v) is 5.66. The van der Waals surface area contributed by atoms with Crippen molar-refractivity contribution < 1.29 is 55.7 Å². The fourth-order valence-electron chi connectivity index (χ4n) is 3.82. The zero-order valence-corrected chi connectivity index (χ0v) is 25.3. The number of nitrogens with zero attached hydrogens (tertiary/aromatic N) is 4. The molecule has 198 valence electrons. The van der Waals surface area contributed by atoms with Gasteiger partial charge in [-0.3, -0.25) is 9.52 Å². The van der Waals surface area contributed by atoms with Crippen LogP contribution in [0.25, 0.3) is 0 Å². The van der Waals surface area contributed by atoms with Crippen molar-refractivity contribution >= 4 is 48.8 Å². The van der Waals surface area contributed by atoms with Crippen LogP contribution in [0.3, 0.4) is 0 Å². The summed E-state index contributed by atoms with van der Waals surface area (Å²) < 4.78 is 62.4. The number of nitrogens with one attached hydrogen (secondary N) is 1. The first kappa shape index (κ1) is 30.6. The predicted molar refractivity (Wildman–Crippen MR) is 141 cm³/mol. The summed E-state index contributed by atoms with van der Waals surface area (Å²) in [4.78, 5) is 12.5. The second kappa shape index (κ2) is 12.1. The Morgan fingerprint density at radius 1 is 1.00 bits per heavy atom. The van der Waals surface area contributed by atoms with Crippen molar-refractivity contribution in [2.24, 2.45) is 15.3 Å². The van der Waals surface area contributed by atoms with E-state index in [1.54, 1.807) is 38.1 Å². The van der Waals surface area contributed by atoms with Gasteiger partial charge in [0, 0.05) is 0 Å². The molecule has 0 aromatic heterocycles. The van der Waals surface area contributed by atoms with Crippen molar-refractivity contribution in [2.45, 2.75) is 43.0 Å². The maximum absolute atomic E-state index is 13.2. The maximum Gasteiger partial charge on any atom is 1.00 e. The third-order valence-electron chi connectivity index (χ3n) is 5.86. The monoisotopic (exact) mass is 577 g/mol. The molecule has 0 bridgehead atoms. The second-order valence-electron chi connectivity index (χ2n) is 8.52. The molecule has 11 nitrogen and oxygen atoms in total. The minimum Gasteiger partial charge on any atom is -0.744 e.